The van der Waals surface area contributed by atoms with E-state index in [1.807, 2.05) is 0 Å². The van der Waals surface area contributed by atoms with E-state index in [0.717, 1.165) is 0 Å². The zero-order chi connectivity index (χ0) is 5.98. The van der Waals surface area contributed by atoms with E-state index in [1.54, 1.807) is 18.2 Å². The van der Waals surface area contributed by atoms with Crippen molar-refractivity contribution in [2.45, 2.75) is 0 Å². The first kappa shape index (κ1) is 9.57. The van der Waals surface area contributed by atoms with Crippen LogP contribution in [0.25, 0.3) is 0 Å². The fourth-order valence-electron chi connectivity index (χ4n) is 0.412. The molecule has 0 aliphatic rings. The summed E-state index contributed by atoms with van der Waals surface area (Å²) in [6.45, 7) is 0. The highest BCUT2D eigenvalue weighted by Crippen LogP contribution is 2.13. The second-order valence-corrected chi connectivity index (χ2v) is 2.20. The number of rotatable bonds is 0. The fraction of sp³-hybridized carbons (Fsp3) is 0. The molecule has 0 aromatic heterocycles. The van der Waals surface area contributed by atoms with Gasteiger partial charge >= 0.3 is 23.1 Å². The average Bonchev–Trinajstić information content (AvgIpc) is 1.64. The molecule has 0 nitrogen and oxygen atoms in total. The molecule has 1 aromatic carbocycles. The highest BCUT2D eigenvalue weighted by atomic mass is 35.5. The van der Waals surface area contributed by atoms with E-state index < -0.39 is 0 Å². The number of benzene rings is 1. The Hall–Kier alpha value is 0.566. The monoisotopic (exact) mass is 171 g/mol. The van der Waals surface area contributed by atoms with Gasteiger partial charge in [-0.25, -0.2) is 0 Å². The molecule has 0 unspecified atom stereocenters. The molecule has 0 atom stereocenters. The molecule has 0 saturated carbocycles. The lowest BCUT2D eigenvalue weighted by atomic mass is 10.4. The van der Waals surface area contributed by atoms with Gasteiger partial charge in [-0.05, 0) is 12.1 Å². The van der Waals surface area contributed by atoms with Gasteiger partial charge in [0.2, 0.25) is 0 Å². The van der Waals surface area contributed by atoms with E-state index in [-0.39, 0.29) is 23.1 Å². The van der Waals surface area contributed by atoms with Crippen LogP contribution in [0.2, 0.25) is 10.0 Å². The molecule has 0 heterocycles. The van der Waals surface area contributed by atoms with Crippen LogP contribution in [0, 0.1) is 6.07 Å². The van der Waals surface area contributed by atoms with Gasteiger partial charge in [0.1, 0.15) is 0 Å². The Morgan fingerprint density at radius 1 is 1.33 bits per heavy atom. The maximum absolute atomic E-state index is 5.54. The number of hydrogen-bond acceptors (Lipinski definition) is 0. The minimum atomic E-state index is 0. The van der Waals surface area contributed by atoms with Crippen molar-refractivity contribution in [2.75, 3.05) is 0 Å². The highest BCUT2D eigenvalue weighted by Gasteiger charge is 1.85. The Morgan fingerprint density at radius 3 is 2.33 bits per heavy atom. The van der Waals surface area contributed by atoms with Crippen molar-refractivity contribution in [2.24, 2.45) is 0 Å². The van der Waals surface area contributed by atoms with Gasteiger partial charge in [-0.2, -0.15) is 0 Å². The van der Waals surface area contributed by atoms with E-state index in [2.05, 4.69) is 6.07 Å². The van der Waals surface area contributed by atoms with Gasteiger partial charge in [-0.1, -0.05) is 29.3 Å². The summed E-state index contributed by atoms with van der Waals surface area (Å²) in [6, 6.07) is 7.81. The van der Waals surface area contributed by atoms with Gasteiger partial charge < -0.3 is 0 Å². The van der Waals surface area contributed by atoms with E-state index in [4.69, 9.17) is 23.2 Å². The van der Waals surface area contributed by atoms with Crippen LogP contribution < -0.4 is 0 Å². The molecule has 0 bridgehead atoms. The van der Waals surface area contributed by atoms with Crippen LogP contribution in [0.5, 0.6) is 0 Å². The molecule has 0 saturated heterocycles. The van der Waals surface area contributed by atoms with Gasteiger partial charge in [0.15, 0.2) is 0 Å². The molecule has 0 amide bonds. The second-order valence-electron chi connectivity index (χ2n) is 1.35. The predicted octanol–water partition coefficient (Wildman–Crippen LogP) is 1.88. The molecule has 0 aliphatic heterocycles. The van der Waals surface area contributed by atoms with Crippen LogP contribution in [-0.2, 0) is 0 Å². The SMILES string of the molecule is Clc1[c]ccc(Cl)c1.[MgH2]. The summed E-state index contributed by atoms with van der Waals surface area (Å²) in [5.41, 5.74) is 0. The van der Waals surface area contributed by atoms with Crippen LogP contribution in [0.15, 0.2) is 18.2 Å². The third-order valence-corrected chi connectivity index (χ3v) is 1.18. The van der Waals surface area contributed by atoms with Crippen LogP contribution in [-0.4, -0.2) is 23.1 Å². The molecule has 45 valence electrons. The summed E-state index contributed by atoms with van der Waals surface area (Å²) < 4.78 is 0. The van der Waals surface area contributed by atoms with Crippen LogP contribution in [0.3, 0.4) is 0 Å². The predicted molar refractivity (Wildman–Crippen MR) is 43.8 cm³/mol. The molecule has 0 spiro atoms. The Balaban J connectivity index is 0.000000640. The van der Waals surface area contributed by atoms with Crippen molar-refractivity contribution in [3.8, 4) is 0 Å². The average molecular weight is 172 g/mol. The van der Waals surface area contributed by atoms with Gasteiger partial charge in [0, 0.05) is 16.1 Å². The maximum Gasteiger partial charge on any atom is 0.316 e. The zero-order valence-electron chi connectivity index (χ0n) is 3.99. The largest absolute Gasteiger partial charge is 0.316 e. The Labute approximate surface area is 80.3 Å². The van der Waals surface area contributed by atoms with Gasteiger partial charge in [-0.15, -0.1) is 0 Å². The van der Waals surface area contributed by atoms with Crippen LogP contribution in [0.4, 0.5) is 0 Å². The lowest BCUT2D eigenvalue weighted by Crippen LogP contribution is -1.62. The first-order valence-electron chi connectivity index (χ1n) is 2.12. The lowest BCUT2D eigenvalue weighted by Gasteiger charge is -1.85. The Kier molecular flexibility index (Phi) is 4.67. The quantitative estimate of drug-likeness (QED) is 0.524. The summed E-state index contributed by atoms with van der Waals surface area (Å²) >= 11 is 11.0. The topological polar surface area (TPSA) is 0 Å². The Morgan fingerprint density at radius 2 is 2.00 bits per heavy atom. The highest BCUT2D eigenvalue weighted by molar-refractivity contribution is 6.34. The zero-order valence-corrected chi connectivity index (χ0v) is 5.50. The van der Waals surface area contributed by atoms with E-state index in [0.29, 0.717) is 10.0 Å². The Bertz CT molecular complexity index is 171. The molecule has 0 N–H and O–H groups in total. The summed E-state index contributed by atoms with van der Waals surface area (Å²) in [5, 5.41) is 1.20. The van der Waals surface area contributed by atoms with E-state index in [9.17, 15) is 0 Å². The molecule has 1 aromatic rings. The van der Waals surface area contributed by atoms with E-state index in [1.165, 1.54) is 0 Å². The molecule has 1 rings (SSSR count). The summed E-state index contributed by atoms with van der Waals surface area (Å²) in [6.07, 6.45) is 0. The first-order chi connectivity index (χ1) is 3.79. The first-order valence-corrected chi connectivity index (χ1v) is 2.87. The minimum absolute atomic E-state index is 0. The third-order valence-electron chi connectivity index (χ3n) is 0.728. The molecular formula is C6H5Cl2Mg. The molecule has 1 radical (unpaired) electrons. The smallest absolute Gasteiger partial charge is 0.0843 e. The number of hydrogen-bond donors (Lipinski definition) is 0. The molecule has 0 aliphatic carbocycles. The van der Waals surface area contributed by atoms with Gasteiger partial charge in [0.25, 0.3) is 0 Å². The van der Waals surface area contributed by atoms with Crippen molar-refractivity contribution in [3.05, 3.63) is 34.3 Å². The maximum atomic E-state index is 5.54. The van der Waals surface area contributed by atoms with E-state index >= 15 is 0 Å². The van der Waals surface area contributed by atoms with Crippen molar-refractivity contribution in [1.29, 1.82) is 0 Å². The molecule has 3 heteroatoms. The summed E-state index contributed by atoms with van der Waals surface area (Å²) in [5.74, 6) is 0. The number of halogens is 2. The van der Waals surface area contributed by atoms with Gasteiger partial charge in [-0.3, -0.25) is 0 Å². The van der Waals surface area contributed by atoms with Crippen molar-refractivity contribution >= 4 is 46.3 Å². The van der Waals surface area contributed by atoms with Crippen LogP contribution >= 0.6 is 23.2 Å². The lowest BCUT2D eigenvalue weighted by molar-refractivity contribution is 1.69. The standard InChI is InChI=1S/C6H3Cl2.Mg.2H/c7-5-2-1-3-6(8)4-5;;;/h1-2,4H;;;. The molecular weight excluding hydrogens is 167 g/mol. The van der Waals surface area contributed by atoms with Crippen molar-refractivity contribution in [3.63, 3.8) is 0 Å². The molecule has 9 heavy (non-hydrogen) atoms. The normalized spacial score (nSPS) is 8.22. The third kappa shape index (κ3) is 3.31. The summed E-state index contributed by atoms with van der Waals surface area (Å²) in [4.78, 5) is 0. The second kappa shape index (κ2) is 4.39. The van der Waals surface area contributed by atoms with Crippen molar-refractivity contribution < 1.29 is 0 Å². The van der Waals surface area contributed by atoms with Crippen LogP contribution in [0.1, 0.15) is 0 Å². The summed E-state index contributed by atoms with van der Waals surface area (Å²) in [7, 11) is 0. The van der Waals surface area contributed by atoms with Gasteiger partial charge in [0.05, 0.1) is 0 Å². The minimum Gasteiger partial charge on any atom is -0.0843 e. The fourth-order valence-corrected chi connectivity index (χ4v) is 0.820. The van der Waals surface area contributed by atoms with Crippen molar-refractivity contribution in [1.82, 2.24) is 0 Å². The molecule has 0 fully saturated rings.